The number of aryl methyl sites for hydroxylation is 2. The molecule has 2 rings (SSSR count). The van der Waals surface area contributed by atoms with Gasteiger partial charge in [0.2, 0.25) is 0 Å². The molecule has 0 fully saturated rings. The van der Waals surface area contributed by atoms with Gasteiger partial charge in [0.25, 0.3) is 0 Å². The van der Waals surface area contributed by atoms with Crippen molar-refractivity contribution < 1.29 is 4.42 Å². The third-order valence-electron chi connectivity index (χ3n) is 2.40. The minimum absolute atomic E-state index is 0.636. The maximum atomic E-state index is 5.42. The lowest BCUT2D eigenvalue weighted by Gasteiger charge is -2.06. The smallest absolute Gasteiger partial charge is 0.144 e. The summed E-state index contributed by atoms with van der Waals surface area (Å²) in [7, 11) is 0. The lowest BCUT2D eigenvalue weighted by molar-refractivity contribution is 0.527. The van der Waals surface area contributed by atoms with Crippen LogP contribution in [0, 0.1) is 6.92 Å². The van der Waals surface area contributed by atoms with E-state index in [1.165, 1.54) is 0 Å². The molecule has 0 saturated heterocycles. The molecule has 0 unspecified atom stereocenters. The monoisotopic (exact) mass is 264 g/mol. The van der Waals surface area contributed by atoms with Crippen molar-refractivity contribution in [3.8, 4) is 0 Å². The van der Waals surface area contributed by atoms with Gasteiger partial charge in [0, 0.05) is 12.5 Å². The van der Waals surface area contributed by atoms with Crippen molar-refractivity contribution in [2.75, 3.05) is 5.43 Å². The Balaban J connectivity index is 2.26. The predicted octanol–water partition coefficient (Wildman–Crippen LogP) is 2.77. The highest BCUT2D eigenvalue weighted by Gasteiger charge is 2.08. The summed E-state index contributed by atoms with van der Waals surface area (Å²) >= 11 is 1.55. The molecule has 0 bridgehead atoms. The molecule has 18 heavy (non-hydrogen) atoms. The molecule has 0 aromatic carbocycles. The van der Waals surface area contributed by atoms with E-state index in [0.717, 1.165) is 34.3 Å². The first-order chi connectivity index (χ1) is 8.72. The molecular weight excluding hydrogens is 248 g/mol. The summed E-state index contributed by atoms with van der Waals surface area (Å²) in [6.45, 7) is 4.03. The van der Waals surface area contributed by atoms with E-state index in [2.05, 4.69) is 22.3 Å². The molecular formula is C12H16N4OS. The second kappa shape index (κ2) is 5.88. The topological polar surface area (TPSA) is 77.0 Å². The van der Waals surface area contributed by atoms with E-state index >= 15 is 0 Å². The number of aromatic nitrogens is 2. The average molecular weight is 264 g/mol. The number of rotatable bonds is 5. The second-order valence-corrected chi connectivity index (χ2v) is 4.91. The van der Waals surface area contributed by atoms with Crippen LogP contribution in [0.2, 0.25) is 0 Å². The predicted molar refractivity (Wildman–Crippen MR) is 71.4 cm³/mol. The minimum Gasteiger partial charge on any atom is -0.468 e. The molecule has 3 N–H and O–H groups in total. The van der Waals surface area contributed by atoms with Crippen LogP contribution in [0.5, 0.6) is 0 Å². The molecule has 2 aromatic rings. The van der Waals surface area contributed by atoms with Crippen LogP contribution in [0.3, 0.4) is 0 Å². The molecule has 0 aliphatic rings. The van der Waals surface area contributed by atoms with Crippen LogP contribution in [-0.4, -0.2) is 9.97 Å². The Morgan fingerprint density at radius 3 is 2.89 bits per heavy atom. The van der Waals surface area contributed by atoms with Crippen LogP contribution >= 0.6 is 11.8 Å². The van der Waals surface area contributed by atoms with E-state index in [-0.39, 0.29) is 0 Å². The summed E-state index contributed by atoms with van der Waals surface area (Å²) in [5.74, 6) is 7.74. The number of furan rings is 1. The Morgan fingerprint density at radius 1 is 1.44 bits per heavy atom. The third-order valence-corrected chi connectivity index (χ3v) is 3.46. The summed E-state index contributed by atoms with van der Waals surface area (Å²) in [5.41, 5.74) is 2.57. The first kappa shape index (κ1) is 12.9. The number of hydrogen-bond acceptors (Lipinski definition) is 6. The van der Waals surface area contributed by atoms with Crippen LogP contribution in [0.4, 0.5) is 5.82 Å². The fraction of sp³-hybridized carbons (Fsp3) is 0.333. The van der Waals surface area contributed by atoms with E-state index in [4.69, 9.17) is 10.3 Å². The van der Waals surface area contributed by atoms with Crippen LogP contribution in [0.25, 0.3) is 0 Å². The molecule has 0 saturated carbocycles. The van der Waals surface area contributed by atoms with Crippen molar-refractivity contribution in [1.29, 1.82) is 0 Å². The summed E-state index contributed by atoms with van der Waals surface area (Å²) in [6.07, 6.45) is 3.52. The van der Waals surface area contributed by atoms with Gasteiger partial charge in [-0.3, -0.25) is 0 Å². The van der Waals surface area contributed by atoms with Gasteiger partial charge in [-0.05, 0) is 19.4 Å². The first-order valence-electron chi connectivity index (χ1n) is 5.79. The normalized spacial score (nSPS) is 10.6. The Bertz CT molecular complexity index is 527. The zero-order valence-corrected chi connectivity index (χ0v) is 11.3. The molecule has 6 heteroatoms. The van der Waals surface area contributed by atoms with Crippen molar-refractivity contribution in [1.82, 2.24) is 9.97 Å². The molecule has 0 aliphatic heterocycles. The second-order valence-electron chi connectivity index (χ2n) is 3.85. The van der Waals surface area contributed by atoms with Gasteiger partial charge in [0.1, 0.15) is 22.4 Å². The first-order valence-corrected chi connectivity index (χ1v) is 6.61. The fourth-order valence-corrected chi connectivity index (χ4v) is 2.39. The van der Waals surface area contributed by atoms with E-state index in [9.17, 15) is 0 Å². The van der Waals surface area contributed by atoms with Crippen molar-refractivity contribution in [2.45, 2.75) is 36.6 Å². The van der Waals surface area contributed by atoms with E-state index in [1.54, 1.807) is 18.0 Å². The Labute approximate surface area is 110 Å². The van der Waals surface area contributed by atoms with Crippen LogP contribution < -0.4 is 11.3 Å². The van der Waals surface area contributed by atoms with Gasteiger partial charge in [-0.15, -0.1) is 0 Å². The fourth-order valence-electron chi connectivity index (χ4n) is 1.53. The molecule has 0 radical (unpaired) electrons. The Kier molecular flexibility index (Phi) is 4.22. The number of nitrogens with two attached hydrogens (primary N) is 1. The number of nitrogens with one attached hydrogen (secondary N) is 1. The molecule has 0 aliphatic carbocycles. The summed E-state index contributed by atoms with van der Waals surface area (Å²) in [6, 6.07) is 3.76. The highest BCUT2D eigenvalue weighted by Crippen LogP contribution is 2.30. The molecule has 2 aromatic heterocycles. The van der Waals surface area contributed by atoms with Gasteiger partial charge >= 0.3 is 0 Å². The van der Waals surface area contributed by atoms with Gasteiger partial charge in [-0.2, -0.15) is 0 Å². The maximum Gasteiger partial charge on any atom is 0.144 e. The summed E-state index contributed by atoms with van der Waals surface area (Å²) < 4.78 is 5.27. The SMILES string of the molecule is CCCc1nc(NN)cc(Sc2ccoc2C)n1. The van der Waals surface area contributed by atoms with Gasteiger partial charge in [0.05, 0.1) is 11.2 Å². The highest BCUT2D eigenvalue weighted by molar-refractivity contribution is 7.99. The van der Waals surface area contributed by atoms with Crippen molar-refractivity contribution in [3.63, 3.8) is 0 Å². The lowest BCUT2D eigenvalue weighted by Crippen LogP contribution is -2.10. The quantitative estimate of drug-likeness (QED) is 0.491. The third kappa shape index (κ3) is 3.02. The van der Waals surface area contributed by atoms with E-state index in [0.29, 0.717) is 5.82 Å². The molecule has 2 heterocycles. The van der Waals surface area contributed by atoms with Crippen LogP contribution in [0.15, 0.2) is 32.7 Å². The van der Waals surface area contributed by atoms with Gasteiger partial charge in [-0.25, -0.2) is 15.8 Å². The summed E-state index contributed by atoms with van der Waals surface area (Å²) in [4.78, 5) is 9.87. The zero-order chi connectivity index (χ0) is 13.0. The minimum atomic E-state index is 0.636. The summed E-state index contributed by atoms with van der Waals surface area (Å²) in [5, 5.41) is 0.867. The van der Waals surface area contributed by atoms with Gasteiger partial charge in [-0.1, -0.05) is 18.7 Å². The molecule has 96 valence electrons. The number of nitrogens with zero attached hydrogens (tertiary/aromatic N) is 2. The van der Waals surface area contributed by atoms with E-state index < -0.39 is 0 Å². The van der Waals surface area contributed by atoms with Crippen molar-refractivity contribution >= 4 is 17.6 Å². The van der Waals surface area contributed by atoms with E-state index in [1.807, 2.05) is 19.1 Å². The Hall–Kier alpha value is -1.53. The van der Waals surface area contributed by atoms with Crippen LogP contribution in [0.1, 0.15) is 24.9 Å². The molecule has 0 spiro atoms. The molecule has 0 atom stereocenters. The standard InChI is InChI=1S/C12H16N4OS/c1-3-4-10-14-11(16-13)7-12(15-10)18-9-5-6-17-8(9)2/h5-7H,3-4,13H2,1-2H3,(H,14,15,16). The van der Waals surface area contributed by atoms with Gasteiger partial charge < -0.3 is 9.84 Å². The maximum absolute atomic E-state index is 5.42. The Morgan fingerprint density at radius 2 is 2.28 bits per heavy atom. The molecule has 0 amide bonds. The number of hydrogen-bond donors (Lipinski definition) is 2. The largest absolute Gasteiger partial charge is 0.468 e. The zero-order valence-electron chi connectivity index (χ0n) is 10.4. The average Bonchev–Trinajstić information content (AvgIpc) is 2.75. The number of nitrogen functional groups attached to an aromatic ring is 1. The van der Waals surface area contributed by atoms with Crippen molar-refractivity contribution in [2.24, 2.45) is 5.84 Å². The number of anilines is 1. The number of hydrazine groups is 1. The van der Waals surface area contributed by atoms with Gasteiger partial charge in [0.15, 0.2) is 0 Å². The highest BCUT2D eigenvalue weighted by atomic mass is 32.2. The lowest BCUT2D eigenvalue weighted by atomic mass is 10.3. The van der Waals surface area contributed by atoms with Crippen LogP contribution in [-0.2, 0) is 6.42 Å². The van der Waals surface area contributed by atoms with Crippen molar-refractivity contribution in [3.05, 3.63) is 30.0 Å². The molecule has 5 nitrogen and oxygen atoms in total.